The van der Waals surface area contributed by atoms with Crippen molar-refractivity contribution in [3.8, 4) is 0 Å². The van der Waals surface area contributed by atoms with E-state index in [0.29, 0.717) is 33.4 Å². The standard InChI is InChI=1S/C19H23ClN4OS/c1-11-5-3-4-6-16(11)22-19(26)24-23-18(25)15-10-13-9-14(20)7-8-17(13)21-12(15)2/h7-11,16H,3-6H2,1-2H3,(H,23,25)(H2,22,24,26). The number of hydrazine groups is 1. The number of carbonyl (C=O) groups excluding carboxylic acids is 1. The summed E-state index contributed by atoms with van der Waals surface area (Å²) in [5.41, 5.74) is 7.40. The number of fused-ring (bicyclic) bond motifs is 1. The molecule has 3 rings (SSSR count). The highest BCUT2D eigenvalue weighted by Gasteiger charge is 2.22. The summed E-state index contributed by atoms with van der Waals surface area (Å²) in [5.74, 6) is 0.300. The molecule has 26 heavy (non-hydrogen) atoms. The number of nitrogens with one attached hydrogen (secondary N) is 3. The predicted octanol–water partition coefficient (Wildman–Crippen LogP) is 3.88. The maximum absolute atomic E-state index is 12.5. The van der Waals surface area contributed by atoms with Crippen molar-refractivity contribution >= 4 is 45.7 Å². The number of aromatic nitrogens is 1. The number of hydrogen-bond acceptors (Lipinski definition) is 3. The van der Waals surface area contributed by atoms with Crippen molar-refractivity contribution in [2.75, 3.05) is 0 Å². The summed E-state index contributed by atoms with van der Waals surface area (Å²) in [5, 5.41) is 5.17. The van der Waals surface area contributed by atoms with Gasteiger partial charge in [-0.25, -0.2) is 0 Å². The van der Waals surface area contributed by atoms with Crippen LogP contribution in [0, 0.1) is 12.8 Å². The average molecular weight is 391 g/mol. The number of rotatable bonds is 2. The van der Waals surface area contributed by atoms with Gasteiger partial charge in [-0.3, -0.25) is 20.6 Å². The minimum atomic E-state index is -0.280. The number of thiocarbonyl (C=S) groups is 1. The molecule has 3 N–H and O–H groups in total. The molecule has 1 fully saturated rings. The molecule has 2 aromatic rings. The third kappa shape index (κ3) is 4.43. The lowest BCUT2D eigenvalue weighted by Crippen LogP contribution is -2.51. The van der Waals surface area contributed by atoms with Gasteiger partial charge in [-0.1, -0.05) is 31.4 Å². The van der Waals surface area contributed by atoms with Crippen LogP contribution in [0.25, 0.3) is 10.9 Å². The van der Waals surface area contributed by atoms with Crippen LogP contribution in [0.4, 0.5) is 0 Å². The molecule has 0 bridgehead atoms. The van der Waals surface area contributed by atoms with Crippen molar-refractivity contribution in [1.82, 2.24) is 21.2 Å². The van der Waals surface area contributed by atoms with Crippen LogP contribution in [-0.4, -0.2) is 22.0 Å². The minimum Gasteiger partial charge on any atom is -0.358 e. The number of pyridine rings is 1. The lowest BCUT2D eigenvalue weighted by atomic mass is 9.86. The van der Waals surface area contributed by atoms with Crippen LogP contribution in [-0.2, 0) is 0 Å². The number of benzene rings is 1. The maximum Gasteiger partial charge on any atom is 0.271 e. The van der Waals surface area contributed by atoms with E-state index in [9.17, 15) is 4.79 Å². The highest BCUT2D eigenvalue weighted by atomic mass is 35.5. The maximum atomic E-state index is 12.5. The van der Waals surface area contributed by atoms with Gasteiger partial charge in [0, 0.05) is 16.5 Å². The van der Waals surface area contributed by atoms with Crippen molar-refractivity contribution in [3.63, 3.8) is 0 Å². The molecular formula is C19H23ClN4OS. The predicted molar refractivity (Wildman–Crippen MR) is 109 cm³/mol. The first-order valence-corrected chi connectivity index (χ1v) is 9.66. The summed E-state index contributed by atoms with van der Waals surface area (Å²) >= 11 is 11.3. The zero-order chi connectivity index (χ0) is 18.7. The molecule has 1 aromatic carbocycles. The molecule has 0 aliphatic heterocycles. The molecule has 1 aromatic heterocycles. The van der Waals surface area contributed by atoms with Crippen molar-refractivity contribution in [1.29, 1.82) is 0 Å². The number of hydrogen-bond donors (Lipinski definition) is 3. The first-order chi connectivity index (χ1) is 12.4. The number of amides is 1. The minimum absolute atomic E-state index is 0.280. The van der Waals surface area contributed by atoms with E-state index in [2.05, 4.69) is 28.1 Å². The van der Waals surface area contributed by atoms with E-state index in [4.69, 9.17) is 23.8 Å². The third-order valence-corrected chi connectivity index (χ3v) is 5.38. The summed E-state index contributed by atoms with van der Waals surface area (Å²) in [4.78, 5) is 17.0. The quantitative estimate of drug-likeness (QED) is 0.536. The molecule has 0 radical (unpaired) electrons. The molecule has 5 nitrogen and oxygen atoms in total. The van der Waals surface area contributed by atoms with E-state index in [1.54, 1.807) is 18.2 Å². The van der Waals surface area contributed by atoms with Crippen LogP contribution < -0.4 is 16.2 Å². The molecule has 1 heterocycles. The SMILES string of the molecule is Cc1nc2ccc(Cl)cc2cc1C(=O)NNC(=S)NC1CCCCC1C. The van der Waals surface area contributed by atoms with E-state index in [1.807, 2.05) is 13.0 Å². The Balaban J connectivity index is 1.63. The normalized spacial score (nSPS) is 19.8. The van der Waals surface area contributed by atoms with Gasteiger partial charge in [-0.2, -0.15) is 0 Å². The van der Waals surface area contributed by atoms with Gasteiger partial charge in [0.05, 0.1) is 16.8 Å². The zero-order valence-corrected chi connectivity index (χ0v) is 16.5. The van der Waals surface area contributed by atoms with Crippen molar-refractivity contribution in [2.24, 2.45) is 5.92 Å². The molecule has 1 aliphatic carbocycles. The third-order valence-electron chi connectivity index (χ3n) is 4.93. The molecule has 7 heteroatoms. The number of aryl methyl sites for hydroxylation is 1. The first-order valence-electron chi connectivity index (χ1n) is 8.88. The topological polar surface area (TPSA) is 66.0 Å². The zero-order valence-electron chi connectivity index (χ0n) is 14.9. The Morgan fingerprint density at radius 1 is 1.23 bits per heavy atom. The Labute approximate surface area is 163 Å². The van der Waals surface area contributed by atoms with E-state index in [1.165, 1.54) is 19.3 Å². The summed E-state index contributed by atoms with van der Waals surface area (Å²) in [6.07, 6.45) is 4.79. The molecule has 1 amide bonds. The molecule has 1 aliphatic rings. The van der Waals surface area contributed by atoms with Crippen LogP contribution in [0.1, 0.15) is 48.7 Å². The fourth-order valence-corrected chi connectivity index (χ4v) is 3.77. The monoisotopic (exact) mass is 390 g/mol. The Hall–Kier alpha value is -1.92. The largest absolute Gasteiger partial charge is 0.358 e. The Bertz CT molecular complexity index is 842. The van der Waals surface area contributed by atoms with Crippen LogP contribution >= 0.6 is 23.8 Å². The Kier molecular flexibility index (Phi) is 5.94. The highest BCUT2D eigenvalue weighted by molar-refractivity contribution is 7.80. The van der Waals surface area contributed by atoms with Gasteiger partial charge in [-0.15, -0.1) is 0 Å². The molecule has 0 spiro atoms. The second-order valence-electron chi connectivity index (χ2n) is 6.88. The van der Waals surface area contributed by atoms with Crippen LogP contribution in [0.5, 0.6) is 0 Å². The summed E-state index contributed by atoms with van der Waals surface area (Å²) in [6, 6.07) is 7.57. The van der Waals surface area contributed by atoms with Crippen molar-refractivity contribution in [3.05, 3.63) is 40.5 Å². The van der Waals surface area contributed by atoms with Gasteiger partial charge in [0.15, 0.2) is 5.11 Å². The second kappa shape index (κ2) is 8.18. The number of halogens is 1. The fraction of sp³-hybridized carbons (Fsp3) is 0.421. The lowest BCUT2D eigenvalue weighted by Gasteiger charge is -2.30. The van der Waals surface area contributed by atoms with E-state index < -0.39 is 0 Å². The first kappa shape index (κ1) is 18.9. The highest BCUT2D eigenvalue weighted by Crippen LogP contribution is 2.23. The smallest absolute Gasteiger partial charge is 0.271 e. The molecule has 138 valence electrons. The van der Waals surface area contributed by atoms with Gasteiger partial charge in [0.25, 0.3) is 5.91 Å². The van der Waals surface area contributed by atoms with Gasteiger partial charge in [0.1, 0.15) is 0 Å². The fourth-order valence-electron chi connectivity index (χ4n) is 3.39. The molecular weight excluding hydrogens is 368 g/mol. The Morgan fingerprint density at radius 3 is 2.77 bits per heavy atom. The number of nitrogens with zero attached hydrogens (tertiary/aromatic N) is 1. The van der Waals surface area contributed by atoms with Crippen LogP contribution in [0.15, 0.2) is 24.3 Å². The molecule has 2 unspecified atom stereocenters. The van der Waals surface area contributed by atoms with Crippen LogP contribution in [0.2, 0.25) is 5.02 Å². The van der Waals surface area contributed by atoms with Crippen LogP contribution in [0.3, 0.4) is 0 Å². The van der Waals surface area contributed by atoms with E-state index in [-0.39, 0.29) is 5.91 Å². The average Bonchev–Trinajstić information content (AvgIpc) is 2.61. The Morgan fingerprint density at radius 2 is 2.00 bits per heavy atom. The second-order valence-corrected chi connectivity index (χ2v) is 7.72. The summed E-state index contributed by atoms with van der Waals surface area (Å²) in [7, 11) is 0. The van der Waals surface area contributed by atoms with Gasteiger partial charge < -0.3 is 5.32 Å². The van der Waals surface area contributed by atoms with Gasteiger partial charge in [0.2, 0.25) is 0 Å². The van der Waals surface area contributed by atoms with Gasteiger partial charge in [-0.05, 0) is 62.2 Å². The van der Waals surface area contributed by atoms with Gasteiger partial charge >= 0.3 is 0 Å². The molecule has 2 atom stereocenters. The van der Waals surface area contributed by atoms with Crippen molar-refractivity contribution in [2.45, 2.75) is 45.6 Å². The lowest BCUT2D eigenvalue weighted by molar-refractivity contribution is 0.0942. The number of carbonyl (C=O) groups is 1. The molecule has 0 saturated heterocycles. The summed E-state index contributed by atoms with van der Waals surface area (Å²) in [6.45, 7) is 4.04. The van der Waals surface area contributed by atoms with Crippen molar-refractivity contribution < 1.29 is 4.79 Å². The molecule has 1 saturated carbocycles. The summed E-state index contributed by atoms with van der Waals surface area (Å²) < 4.78 is 0. The van der Waals surface area contributed by atoms with E-state index >= 15 is 0 Å². The van der Waals surface area contributed by atoms with E-state index in [0.717, 1.165) is 17.3 Å².